The average molecular weight is 612 g/mol. The van der Waals surface area contributed by atoms with Gasteiger partial charge in [-0.05, 0) is 66.8 Å². The van der Waals surface area contributed by atoms with Crippen molar-refractivity contribution in [2.75, 3.05) is 13.2 Å². The molecule has 0 unspecified atom stereocenters. The first kappa shape index (κ1) is 31.0. The number of halogens is 2. The topological polar surface area (TPSA) is 130 Å². The Morgan fingerprint density at radius 1 is 0.976 bits per heavy atom. The van der Waals surface area contributed by atoms with Gasteiger partial charge in [-0.25, -0.2) is 4.79 Å². The van der Waals surface area contributed by atoms with Crippen LogP contribution in [-0.2, 0) is 24.2 Å². The summed E-state index contributed by atoms with van der Waals surface area (Å²) in [5.41, 5.74) is 8.30. The van der Waals surface area contributed by atoms with E-state index in [4.69, 9.17) is 42.9 Å². The molecule has 0 fully saturated rings. The number of amides is 1. The third-order valence-corrected chi connectivity index (χ3v) is 6.98. The minimum atomic E-state index is -0.871. The molecule has 1 atom stereocenters. The monoisotopic (exact) mass is 610 g/mol. The Kier molecular flexibility index (Phi) is 11.8. The maximum absolute atomic E-state index is 13.2. The van der Waals surface area contributed by atoms with E-state index in [2.05, 4.69) is 15.5 Å². The average Bonchev–Trinajstić information content (AvgIpc) is 3.46. The molecule has 4 rings (SSSR count). The van der Waals surface area contributed by atoms with Gasteiger partial charge in [-0.3, -0.25) is 4.79 Å². The molecule has 0 bridgehead atoms. The number of ketones is 1. The number of hydrogen-bond acceptors (Lipinski definition) is 8. The van der Waals surface area contributed by atoms with Crippen LogP contribution in [-0.4, -0.2) is 41.2 Å². The molecule has 1 aromatic heterocycles. The second-order valence-electron chi connectivity index (χ2n) is 9.57. The normalized spacial score (nSPS) is 11.6. The molecule has 4 aromatic rings. The van der Waals surface area contributed by atoms with Gasteiger partial charge in [0, 0.05) is 16.5 Å². The number of Topliss-reactive ketones (excluding diaryl/α,β-unsaturated/α-hetero) is 1. The number of ether oxygens (including phenoxy) is 2. The third-order valence-electron chi connectivity index (χ3n) is 6.39. The van der Waals surface area contributed by atoms with Gasteiger partial charge in [-0.15, -0.1) is 0 Å². The fourth-order valence-electron chi connectivity index (χ4n) is 4.13. The second kappa shape index (κ2) is 15.9. The van der Waals surface area contributed by atoms with Gasteiger partial charge in [0.2, 0.25) is 17.5 Å². The van der Waals surface area contributed by atoms with E-state index in [1.807, 2.05) is 60.7 Å². The number of carbonyl (C=O) groups excluding carboxylic acids is 2. The van der Waals surface area contributed by atoms with Crippen molar-refractivity contribution in [1.29, 1.82) is 0 Å². The van der Waals surface area contributed by atoms with E-state index in [1.165, 1.54) is 0 Å². The molecule has 11 heteroatoms. The van der Waals surface area contributed by atoms with E-state index in [0.717, 1.165) is 16.7 Å². The predicted octanol–water partition coefficient (Wildman–Crippen LogP) is 6.20. The van der Waals surface area contributed by atoms with Gasteiger partial charge in [0.15, 0.2) is 0 Å². The number of alkyl carbamates (subject to hydrolysis) is 1. The van der Waals surface area contributed by atoms with E-state index in [0.29, 0.717) is 61.1 Å². The van der Waals surface area contributed by atoms with E-state index in [-0.39, 0.29) is 18.3 Å². The highest BCUT2D eigenvalue weighted by Crippen LogP contribution is 2.22. The molecule has 42 heavy (non-hydrogen) atoms. The van der Waals surface area contributed by atoms with Gasteiger partial charge in [-0.2, -0.15) is 4.98 Å². The molecule has 220 valence electrons. The number of nitrogens with two attached hydrogens (primary N) is 1. The van der Waals surface area contributed by atoms with E-state index in [1.54, 1.807) is 12.1 Å². The quantitative estimate of drug-likeness (QED) is 0.120. The van der Waals surface area contributed by atoms with Gasteiger partial charge >= 0.3 is 6.09 Å². The van der Waals surface area contributed by atoms with Crippen LogP contribution < -0.4 is 15.8 Å². The smallest absolute Gasteiger partial charge is 0.408 e. The molecule has 0 aliphatic heterocycles. The molecule has 9 nitrogen and oxygen atoms in total. The molecule has 1 amide bonds. The second-order valence-corrected chi connectivity index (χ2v) is 10.4. The van der Waals surface area contributed by atoms with E-state index >= 15 is 0 Å². The lowest BCUT2D eigenvalue weighted by atomic mass is 10.0. The van der Waals surface area contributed by atoms with Crippen LogP contribution in [0.3, 0.4) is 0 Å². The number of nitrogens with one attached hydrogen (secondary N) is 1. The number of benzene rings is 3. The summed E-state index contributed by atoms with van der Waals surface area (Å²) in [6, 6.07) is 21.3. The molecule has 0 aliphatic rings. The number of hydrogen-bond donors (Lipinski definition) is 2. The molecular weight excluding hydrogens is 579 g/mol. The van der Waals surface area contributed by atoms with Crippen LogP contribution in [0.5, 0.6) is 5.75 Å². The van der Waals surface area contributed by atoms with Gasteiger partial charge in [0.25, 0.3) is 0 Å². The number of unbranched alkanes of at least 4 members (excludes halogenated alkanes) is 1. The molecule has 3 N–H and O–H groups in total. The summed E-state index contributed by atoms with van der Waals surface area (Å²) in [6.45, 7) is 1.02. The van der Waals surface area contributed by atoms with Crippen LogP contribution in [0.25, 0.3) is 0 Å². The first-order valence-corrected chi connectivity index (χ1v) is 14.4. The maximum atomic E-state index is 13.2. The fraction of sp³-hybridized carbons (Fsp3) is 0.290. The zero-order valence-corrected chi connectivity index (χ0v) is 24.4. The summed E-state index contributed by atoms with van der Waals surface area (Å²) >= 11 is 12.2. The summed E-state index contributed by atoms with van der Waals surface area (Å²) < 4.78 is 16.5. The Morgan fingerprint density at radius 2 is 1.76 bits per heavy atom. The molecule has 0 radical (unpaired) electrons. The largest absolute Gasteiger partial charge is 0.493 e. The van der Waals surface area contributed by atoms with E-state index < -0.39 is 17.9 Å². The zero-order valence-electron chi connectivity index (χ0n) is 22.9. The minimum Gasteiger partial charge on any atom is -0.493 e. The summed E-state index contributed by atoms with van der Waals surface area (Å²) in [5.74, 6) is 0.419. The Morgan fingerprint density at radius 3 is 2.50 bits per heavy atom. The molecular formula is C31H32Cl2N4O5. The molecule has 0 saturated carbocycles. The first-order chi connectivity index (χ1) is 20.4. The van der Waals surface area contributed by atoms with Crippen molar-refractivity contribution < 1.29 is 23.6 Å². The van der Waals surface area contributed by atoms with Gasteiger partial charge in [0.05, 0.1) is 19.1 Å². The fourth-order valence-corrected chi connectivity index (χ4v) is 4.64. The molecule has 0 saturated heterocycles. The van der Waals surface area contributed by atoms with Gasteiger partial charge in [-0.1, -0.05) is 76.9 Å². The standard InChI is InChI=1S/C31H32Cl2N4O5/c32-24-12-11-23(26(33)19-24)15-17-40-25-13-9-21(10-14-25)18-28-36-30(37-42-28)29(38)27(8-4-5-16-34)35-31(39)41-20-22-6-2-1-3-7-22/h1-3,6-7,9-14,19,27H,4-5,8,15-18,20,34H2,(H,35,39)/t27-/m0/s1. The Bertz CT molecular complexity index is 1450. The Labute approximate surface area is 254 Å². The van der Waals surface area contributed by atoms with Crippen molar-refractivity contribution in [1.82, 2.24) is 15.5 Å². The number of carbonyl (C=O) groups is 2. The molecule has 0 aliphatic carbocycles. The molecule has 0 spiro atoms. The van der Waals surface area contributed by atoms with Gasteiger partial charge in [0.1, 0.15) is 12.4 Å². The molecule has 3 aromatic carbocycles. The minimum absolute atomic E-state index is 0.0866. The number of aromatic nitrogens is 2. The highest BCUT2D eigenvalue weighted by atomic mass is 35.5. The van der Waals surface area contributed by atoms with Crippen LogP contribution >= 0.6 is 23.2 Å². The SMILES string of the molecule is NCCCC[C@H](NC(=O)OCc1ccccc1)C(=O)c1noc(Cc2ccc(OCCc3ccc(Cl)cc3Cl)cc2)n1. The predicted molar refractivity (Wildman–Crippen MR) is 160 cm³/mol. The van der Waals surface area contributed by atoms with Crippen molar-refractivity contribution in [3.8, 4) is 5.75 Å². The van der Waals surface area contributed by atoms with Crippen molar-refractivity contribution >= 4 is 35.1 Å². The van der Waals surface area contributed by atoms with Crippen LogP contribution in [0.4, 0.5) is 4.79 Å². The van der Waals surface area contributed by atoms with Crippen molar-refractivity contribution in [3.63, 3.8) is 0 Å². The summed E-state index contributed by atoms with van der Waals surface area (Å²) in [7, 11) is 0. The lowest BCUT2D eigenvalue weighted by Gasteiger charge is -2.16. The van der Waals surface area contributed by atoms with Crippen molar-refractivity contribution in [3.05, 3.63) is 111 Å². The van der Waals surface area contributed by atoms with Crippen LogP contribution in [0, 0.1) is 0 Å². The Hall–Kier alpha value is -3.92. The van der Waals surface area contributed by atoms with Crippen molar-refractivity contribution in [2.24, 2.45) is 5.73 Å². The van der Waals surface area contributed by atoms with Crippen LogP contribution in [0.1, 0.15) is 52.5 Å². The van der Waals surface area contributed by atoms with Gasteiger partial charge < -0.3 is 25.0 Å². The number of rotatable bonds is 15. The number of nitrogens with zero attached hydrogens (tertiary/aromatic N) is 2. The summed E-state index contributed by atoms with van der Waals surface area (Å²) in [4.78, 5) is 29.9. The van der Waals surface area contributed by atoms with Crippen molar-refractivity contribution in [2.45, 2.75) is 44.8 Å². The van der Waals surface area contributed by atoms with Crippen LogP contribution in [0.15, 0.2) is 77.3 Å². The maximum Gasteiger partial charge on any atom is 0.408 e. The third kappa shape index (κ3) is 9.58. The van der Waals surface area contributed by atoms with E-state index in [9.17, 15) is 9.59 Å². The first-order valence-electron chi connectivity index (χ1n) is 13.6. The lowest BCUT2D eigenvalue weighted by molar-refractivity contribution is 0.0896. The zero-order chi connectivity index (χ0) is 29.7. The summed E-state index contributed by atoms with van der Waals surface area (Å²) in [5, 5.41) is 7.71. The summed E-state index contributed by atoms with van der Waals surface area (Å²) in [6.07, 6.45) is 1.97. The Balaban J connectivity index is 1.30. The highest BCUT2D eigenvalue weighted by Gasteiger charge is 2.27. The lowest BCUT2D eigenvalue weighted by Crippen LogP contribution is -2.41. The highest BCUT2D eigenvalue weighted by molar-refractivity contribution is 6.35. The van der Waals surface area contributed by atoms with Crippen LogP contribution in [0.2, 0.25) is 10.0 Å². The molecule has 1 heterocycles.